The van der Waals surface area contributed by atoms with Crippen LogP contribution in [0.4, 0.5) is 17.2 Å². The third-order valence-electron chi connectivity index (χ3n) is 7.52. The first kappa shape index (κ1) is 30.5. The van der Waals surface area contributed by atoms with Gasteiger partial charge in [0, 0.05) is 18.7 Å². The molecule has 2 aliphatic rings. The fourth-order valence-corrected chi connectivity index (χ4v) is 6.58. The van der Waals surface area contributed by atoms with Crippen molar-refractivity contribution in [1.29, 1.82) is 10.5 Å². The van der Waals surface area contributed by atoms with E-state index in [0.29, 0.717) is 16.9 Å². The minimum atomic E-state index is -0.954. The predicted molar refractivity (Wildman–Crippen MR) is 158 cm³/mol. The number of hydrogen-bond donors (Lipinski definition) is 2. The van der Waals surface area contributed by atoms with Crippen LogP contribution in [0.25, 0.3) is 0 Å². The summed E-state index contributed by atoms with van der Waals surface area (Å²) in [5.41, 5.74) is 7.80. The lowest BCUT2D eigenvalue weighted by atomic mass is 9.92. The Morgan fingerprint density at radius 2 is 1.76 bits per heavy atom. The standard InChI is InChI=1S/C30H33N7O4S/c1-17(2)27-22(14-31)28(33)35-29(23(27)15-32)42-16-26(40)36(20-7-5-4-6-8-20)24-13-25(39)37(30(24)41)21-11-9-19(10-12-21)34-18(3)38/h9-12,17,20,24H,4-8,13,16H2,1-3H3,(H2,33,35)(H,34,38). The SMILES string of the molecule is CC(=O)Nc1ccc(N2C(=O)CC(N(C(=O)CSc3nc(N)c(C#N)c(C(C)C)c3C#N)C3CCCCC3)C2=O)cc1. The fourth-order valence-electron chi connectivity index (χ4n) is 5.70. The van der Waals surface area contributed by atoms with Crippen LogP contribution in [0.15, 0.2) is 29.3 Å². The maximum Gasteiger partial charge on any atom is 0.257 e. The number of thioether (sulfide) groups is 1. The Kier molecular flexibility index (Phi) is 9.48. The minimum absolute atomic E-state index is 0.00369. The van der Waals surface area contributed by atoms with E-state index in [0.717, 1.165) is 48.8 Å². The van der Waals surface area contributed by atoms with Crippen molar-refractivity contribution >= 4 is 52.6 Å². The third-order valence-corrected chi connectivity index (χ3v) is 8.48. The van der Waals surface area contributed by atoms with Gasteiger partial charge in [-0.2, -0.15) is 10.5 Å². The first-order valence-corrected chi connectivity index (χ1v) is 14.9. The average Bonchev–Trinajstić information content (AvgIpc) is 3.25. The molecule has 11 nitrogen and oxygen atoms in total. The lowest BCUT2D eigenvalue weighted by Gasteiger charge is -2.37. The van der Waals surface area contributed by atoms with Crippen LogP contribution in [0.2, 0.25) is 0 Å². The smallest absolute Gasteiger partial charge is 0.257 e. The van der Waals surface area contributed by atoms with Crippen molar-refractivity contribution in [3.63, 3.8) is 0 Å². The molecule has 1 aromatic heterocycles. The molecular formula is C30H33N7O4S. The van der Waals surface area contributed by atoms with Crippen LogP contribution >= 0.6 is 11.8 Å². The molecule has 1 aromatic carbocycles. The number of carbonyl (C=O) groups excluding carboxylic acids is 4. The summed E-state index contributed by atoms with van der Waals surface area (Å²) in [6.07, 6.45) is 4.17. The zero-order valence-corrected chi connectivity index (χ0v) is 24.7. The number of hydrogen-bond acceptors (Lipinski definition) is 9. The number of anilines is 3. The van der Waals surface area contributed by atoms with E-state index in [2.05, 4.69) is 16.4 Å². The van der Waals surface area contributed by atoms with Gasteiger partial charge in [0.2, 0.25) is 17.7 Å². The van der Waals surface area contributed by atoms with Crippen LogP contribution in [0.3, 0.4) is 0 Å². The number of nitrogen functional groups attached to an aromatic ring is 1. The molecule has 1 aliphatic carbocycles. The van der Waals surface area contributed by atoms with Crippen molar-refractivity contribution in [2.24, 2.45) is 0 Å². The summed E-state index contributed by atoms with van der Waals surface area (Å²) < 4.78 is 0. The average molecular weight is 588 g/mol. The van der Waals surface area contributed by atoms with Crippen molar-refractivity contribution in [2.45, 2.75) is 82.3 Å². The molecule has 0 spiro atoms. The Balaban J connectivity index is 1.61. The van der Waals surface area contributed by atoms with Gasteiger partial charge in [-0.3, -0.25) is 19.2 Å². The van der Waals surface area contributed by atoms with E-state index < -0.39 is 17.9 Å². The van der Waals surface area contributed by atoms with Crippen LogP contribution < -0.4 is 16.0 Å². The molecule has 12 heteroatoms. The van der Waals surface area contributed by atoms with Crippen LogP contribution in [-0.4, -0.2) is 51.3 Å². The van der Waals surface area contributed by atoms with E-state index >= 15 is 0 Å². The molecule has 4 rings (SSSR count). The Labute approximate surface area is 249 Å². The summed E-state index contributed by atoms with van der Waals surface area (Å²) in [7, 11) is 0. The highest BCUT2D eigenvalue weighted by atomic mass is 32.2. The molecule has 0 bridgehead atoms. The molecule has 1 unspecified atom stereocenters. The summed E-state index contributed by atoms with van der Waals surface area (Å²) in [6, 6.07) is 9.40. The second-order valence-corrected chi connectivity index (χ2v) is 11.7. The number of nitrogens with two attached hydrogens (primary N) is 1. The topological polar surface area (TPSA) is 173 Å². The lowest BCUT2D eigenvalue weighted by molar-refractivity contribution is -0.139. The van der Waals surface area contributed by atoms with Gasteiger partial charge >= 0.3 is 0 Å². The predicted octanol–water partition coefficient (Wildman–Crippen LogP) is 4.07. The third kappa shape index (κ3) is 6.24. The highest BCUT2D eigenvalue weighted by Gasteiger charge is 2.46. The minimum Gasteiger partial charge on any atom is -0.383 e. The molecule has 1 aliphatic heterocycles. The number of nitrogens with one attached hydrogen (secondary N) is 1. The molecule has 2 aromatic rings. The molecule has 1 saturated carbocycles. The quantitative estimate of drug-likeness (QED) is 0.341. The Bertz CT molecular complexity index is 1490. The number of aromatic nitrogens is 1. The maximum atomic E-state index is 13.9. The summed E-state index contributed by atoms with van der Waals surface area (Å²) in [4.78, 5) is 59.0. The number of amides is 4. The van der Waals surface area contributed by atoms with Crippen molar-refractivity contribution in [3.8, 4) is 12.1 Å². The Morgan fingerprint density at radius 1 is 1.12 bits per heavy atom. The molecular weight excluding hydrogens is 554 g/mol. The summed E-state index contributed by atoms with van der Waals surface area (Å²) in [5, 5.41) is 22.4. The molecule has 2 heterocycles. The lowest BCUT2D eigenvalue weighted by Crippen LogP contribution is -2.52. The van der Waals surface area contributed by atoms with Crippen molar-refractivity contribution in [2.75, 3.05) is 21.7 Å². The first-order valence-electron chi connectivity index (χ1n) is 13.9. The van der Waals surface area contributed by atoms with Gasteiger partial charge < -0.3 is 16.0 Å². The molecule has 2 fully saturated rings. The number of nitriles is 2. The van der Waals surface area contributed by atoms with Crippen LogP contribution in [0, 0.1) is 22.7 Å². The van der Waals surface area contributed by atoms with Gasteiger partial charge in [-0.1, -0.05) is 44.9 Å². The molecule has 4 amide bonds. The highest BCUT2D eigenvalue weighted by molar-refractivity contribution is 8.00. The monoisotopic (exact) mass is 587 g/mol. The van der Waals surface area contributed by atoms with Crippen LogP contribution in [0.5, 0.6) is 0 Å². The summed E-state index contributed by atoms with van der Waals surface area (Å²) in [5.74, 6) is -1.75. The number of imide groups is 1. The molecule has 218 valence electrons. The number of carbonyl (C=O) groups is 4. The Hall–Kier alpha value is -4.42. The van der Waals surface area contributed by atoms with Gasteiger partial charge in [0.1, 0.15) is 29.0 Å². The zero-order chi connectivity index (χ0) is 30.6. The molecule has 0 radical (unpaired) electrons. The molecule has 42 heavy (non-hydrogen) atoms. The van der Waals surface area contributed by atoms with Crippen LogP contribution in [-0.2, 0) is 19.2 Å². The maximum absolute atomic E-state index is 13.9. The van der Waals surface area contributed by atoms with E-state index in [1.165, 1.54) is 6.92 Å². The van der Waals surface area contributed by atoms with Gasteiger partial charge in [0.05, 0.1) is 29.0 Å². The number of nitrogens with zero attached hydrogens (tertiary/aromatic N) is 5. The molecule has 3 N–H and O–H groups in total. The second-order valence-electron chi connectivity index (χ2n) is 10.7. The number of benzene rings is 1. The molecule has 1 saturated heterocycles. The number of rotatable bonds is 8. The first-order chi connectivity index (χ1) is 20.1. The summed E-state index contributed by atoms with van der Waals surface area (Å²) >= 11 is 1.04. The van der Waals surface area contributed by atoms with Gasteiger partial charge in [-0.25, -0.2) is 9.88 Å². The zero-order valence-electron chi connectivity index (χ0n) is 23.8. The van der Waals surface area contributed by atoms with Gasteiger partial charge in [-0.05, 0) is 48.6 Å². The van der Waals surface area contributed by atoms with E-state index in [1.54, 1.807) is 29.2 Å². The van der Waals surface area contributed by atoms with E-state index in [4.69, 9.17) is 5.73 Å². The summed E-state index contributed by atoms with van der Waals surface area (Å²) in [6.45, 7) is 5.09. The van der Waals surface area contributed by atoms with E-state index in [1.807, 2.05) is 19.9 Å². The normalized spacial score (nSPS) is 17.2. The fraction of sp³-hybridized carbons (Fsp3) is 0.433. The Morgan fingerprint density at radius 3 is 2.33 bits per heavy atom. The van der Waals surface area contributed by atoms with E-state index in [9.17, 15) is 29.7 Å². The van der Waals surface area contributed by atoms with E-state index in [-0.39, 0.29) is 57.9 Å². The molecule has 1 atom stereocenters. The van der Waals surface area contributed by atoms with Crippen molar-refractivity contribution in [1.82, 2.24) is 9.88 Å². The van der Waals surface area contributed by atoms with Crippen LogP contribution in [0.1, 0.15) is 81.9 Å². The van der Waals surface area contributed by atoms with Gasteiger partial charge in [0.25, 0.3) is 5.91 Å². The van der Waals surface area contributed by atoms with Crippen molar-refractivity contribution < 1.29 is 19.2 Å². The number of pyridine rings is 1. The largest absolute Gasteiger partial charge is 0.383 e. The van der Waals surface area contributed by atoms with Gasteiger partial charge in [-0.15, -0.1) is 0 Å². The highest BCUT2D eigenvalue weighted by Crippen LogP contribution is 2.35. The van der Waals surface area contributed by atoms with Gasteiger partial charge in [0.15, 0.2) is 0 Å². The second kappa shape index (κ2) is 13.0. The van der Waals surface area contributed by atoms with Crippen molar-refractivity contribution in [3.05, 3.63) is 41.0 Å².